The van der Waals surface area contributed by atoms with E-state index >= 15 is 0 Å². The first-order valence-corrected chi connectivity index (χ1v) is 4.63. The van der Waals surface area contributed by atoms with Crippen LogP contribution in [0, 0.1) is 6.92 Å². The highest BCUT2D eigenvalue weighted by molar-refractivity contribution is 5.28. The maximum absolute atomic E-state index is 6.02. The molecule has 72 valence electrons. The van der Waals surface area contributed by atoms with Gasteiger partial charge in [-0.2, -0.15) is 0 Å². The van der Waals surface area contributed by atoms with E-state index in [-0.39, 0.29) is 6.04 Å². The van der Waals surface area contributed by atoms with Crippen LogP contribution in [-0.4, -0.2) is 0 Å². The van der Waals surface area contributed by atoms with Crippen molar-refractivity contribution in [2.75, 3.05) is 0 Å². The van der Waals surface area contributed by atoms with Gasteiger partial charge in [0.25, 0.3) is 0 Å². The van der Waals surface area contributed by atoms with Crippen molar-refractivity contribution in [2.24, 2.45) is 5.73 Å². The van der Waals surface area contributed by atoms with Crippen LogP contribution in [0.2, 0.25) is 0 Å². The summed E-state index contributed by atoms with van der Waals surface area (Å²) >= 11 is 0. The van der Waals surface area contributed by atoms with Gasteiger partial charge in [0.15, 0.2) is 0 Å². The summed E-state index contributed by atoms with van der Waals surface area (Å²) in [5.41, 5.74) is 8.33. The molecule has 0 spiro atoms. The second kappa shape index (κ2) is 3.68. The number of hydrogen-bond acceptors (Lipinski definition) is 2. The van der Waals surface area contributed by atoms with Crippen LogP contribution in [-0.2, 0) is 0 Å². The zero-order valence-corrected chi connectivity index (χ0v) is 8.10. The van der Waals surface area contributed by atoms with Gasteiger partial charge in [0.2, 0.25) is 0 Å². The van der Waals surface area contributed by atoms with Gasteiger partial charge in [-0.25, -0.2) is 0 Å². The molecule has 14 heavy (non-hydrogen) atoms. The maximum atomic E-state index is 6.02. The molecule has 1 aromatic heterocycles. The Morgan fingerprint density at radius 2 is 1.86 bits per heavy atom. The molecule has 1 unspecified atom stereocenters. The van der Waals surface area contributed by atoms with Crippen LogP contribution >= 0.6 is 0 Å². The predicted octanol–water partition coefficient (Wildman–Crippen LogP) is 2.64. The normalized spacial score (nSPS) is 12.7. The molecule has 2 N–H and O–H groups in total. The Morgan fingerprint density at radius 3 is 2.43 bits per heavy atom. The number of furan rings is 1. The number of benzene rings is 1. The summed E-state index contributed by atoms with van der Waals surface area (Å²) in [6, 6.07) is 11.8. The van der Waals surface area contributed by atoms with E-state index < -0.39 is 0 Å². The average Bonchev–Trinajstić information content (AvgIpc) is 2.71. The smallest absolute Gasteiger partial charge is 0.124 e. The molecule has 2 heteroatoms. The minimum absolute atomic E-state index is 0.161. The molecule has 1 atom stereocenters. The van der Waals surface area contributed by atoms with Crippen LogP contribution in [0.1, 0.15) is 22.9 Å². The monoisotopic (exact) mass is 187 g/mol. The van der Waals surface area contributed by atoms with Crippen molar-refractivity contribution in [1.82, 2.24) is 0 Å². The molecule has 1 aromatic carbocycles. The summed E-state index contributed by atoms with van der Waals surface area (Å²) in [7, 11) is 0. The molecule has 1 heterocycles. The molecular weight excluding hydrogens is 174 g/mol. The fraction of sp³-hybridized carbons (Fsp3) is 0.167. The Bertz CT molecular complexity index is 389. The van der Waals surface area contributed by atoms with Crippen LogP contribution in [0.15, 0.2) is 47.1 Å². The molecule has 0 aliphatic rings. The molecule has 0 radical (unpaired) electrons. The van der Waals surface area contributed by atoms with E-state index in [9.17, 15) is 0 Å². The van der Waals surface area contributed by atoms with Crippen molar-refractivity contribution in [3.63, 3.8) is 0 Å². The Labute approximate surface area is 83.4 Å². The van der Waals surface area contributed by atoms with Crippen LogP contribution in [0.4, 0.5) is 0 Å². The largest absolute Gasteiger partial charge is 0.467 e. The third-order valence-electron chi connectivity index (χ3n) is 2.29. The van der Waals surface area contributed by atoms with Gasteiger partial charge in [-0.1, -0.05) is 29.8 Å². The van der Waals surface area contributed by atoms with Crippen molar-refractivity contribution < 1.29 is 4.42 Å². The second-order valence-corrected chi connectivity index (χ2v) is 3.40. The lowest BCUT2D eigenvalue weighted by Crippen LogP contribution is -2.10. The van der Waals surface area contributed by atoms with Gasteiger partial charge in [-0.05, 0) is 24.6 Å². The number of nitrogens with two attached hydrogens (primary N) is 1. The molecule has 0 amide bonds. The Balaban J connectivity index is 2.28. The summed E-state index contributed by atoms with van der Waals surface area (Å²) in [5, 5.41) is 0. The Hall–Kier alpha value is -1.54. The molecule has 0 aliphatic carbocycles. The van der Waals surface area contributed by atoms with Crippen LogP contribution in [0.5, 0.6) is 0 Å². The molecule has 0 aliphatic heterocycles. The number of rotatable bonds is 2. The van der Waals surface area contributed by atoms with Gasteiger partial charge in [-0.3, -0.25) is 0 Å². The highest BCUT2D eigenvalue weighted by Gasteiger charge is 2.10. The fourth-order valence-corrected chi connectivity index (χ4v) is 1.41. The highest BCUT2D eigenvalue weighted by Crippen LogP contribution is 2.19. The molecular formula is C12H13NO. The van der Waals surface area contributed by atoms with E-state index in [1.54, 1.807) is 6.26 Å². The average molecular weight is 187 g/mol. The minimum Gasteiger partial charge on any atom is -0.467 e. The summed E-state index contributed by atoms with van der Waals surface area (Å²) in [6.07, 6.45) is 1.64. The van der Waals surface area contributed by atoms with Crippen LogP contribution in [0.3, 0.4) is 0 Å². The molecule has 0 saturated heterocycles. The third kappa shape index (κ3) is 1.70. The maximum Gasteiger partial charge on any atom is 0.124 e. The molecule has 2 aromatic rings. The zero-order valence-electron chi connectivity index (χ0n) is 8.10. The summed E-state index contributed by atoms with van der Waals surface area (Å²) in [6.45, 7) is 2.06. The third-order valence-corrected chi connectivity index (χ3v) is 2.29. The first-order chi connectivity index (χ1) is 6.77. The van der Waals surface area contributed by atoms with E-state index in [1.807, 2.05) is 24.3 Å². The second-order valence-electron chi connectivity index (χ2n) is 3.40. The van der Waals surface area contributed by atoms with Gasteiger partial charge in [0.05, 0.1) is 12.3 Å². The lowest BCUT2D eigenvalue weighted by Gasteiger charge is -2.08. The molecule has 2 nitrogen and oxygen atoms in total. The van der Waals surface area contributed by atoms with Gasteiger partial charge in [0.1, 0.15) is 5.76 Å². The topological polar surface area (TPSA) is 39.2 Å². The van der Waals surface area contributed by atoms with Gasteiger partial charge in [0, 0.05) is 0 Å². The lowest BCUT2D eigenvalue weighted by molar-refractivity contribution is 0.490. The van der Waals surface area contributed by atoms with E-state index in [0.29, 0.717) is 0 Å². The van der Waals surface area contributed by atoms with E-state index in [1.165, 1.54) is 5.56 Å². The predicted molar refractivity (Wildman–Crippen MR) is 55.9 cm³/mol. The van der Waals surface area contributed by atoms with Crippen LogP contribution in [0.25, 0.3) is 0 Å². The first kappa shape index (κ1) is 9.03. The van der Waals surface area contributed by atoms with Gasteiger partial charge in [-0.15, -0.1) is 0 Å². The van der Waals surface area contributed by atoms with Crippen molar-refractivity contribution in [3.05, 3.63) is 59.5 Å². The van der Waals surface area contributed by atoms with Crippen molar-refractivity contribution >= 4 is 0 Å². The summed E-state index contributed by atoms with van der Waals surface area (Å²) < 4.78 is 5.25. The van der Waals surface area contributed by atoms with Crippen molar-refractivity contribution in [2.45, 2.75) is 13.0 Å². The Kier molecular flexibility index (Phi) is 2.37. The molecule has 0 saturated carbocycles. The van der Waals surface area contributed by atoms with E-state index in [0.717, 1.165) is 11.3 Å². The van der Waals surface area contributed by atoms with E-state index in [4.69, 9.17) is 10.2 Å². The summed E-state index contributed by atoms with van der Waals surface area (Å²) in [5.74, 6) is 0.800. The van der Waals surface area contributed by atoms with Gasteiger partial charge < -0.3 is 10.2 Å². The van der Waals surface area contributed by atoms with E-state index in [2.05, 4.69) is 19.1 Å². The molecule has 0 fully saturated rings. The molecule has 0 bridgehead atoms. The summed E-state index contributed by atoms with van der Waals surface area (Å²) in [4.78, 5) is 0. The van der Waals surface area contributed by atoms with Gasteiger partial charge >= 0.3 is 0 Å². The number of aryl methyl sites for hydroxylation is 1. The molecule has 2 rings (SSSR count). The standard InChI is InChI=1S/C12H13NO/c1-9-4-6-10(7-5-9)12(13)11-3-2-8-14-11/h2-8,12H,13H2,1H3. The Morgan fingerprint density at radius 1 is 1.14 bits per heavy atom. The first-order valence-electron chi connectivity index (χ1n) is 4.63. The zero-order chi connectivity index (χ0) is 9.97. The lowest BCUT2D eigenvalue weighted by atomic mass is 10.0. The minimum atomic E-state index is -0.161. The van der Waals surface area contributed by atoms with Crippen molar-refractivity contribution in [1.29, 1.82) is 0 Å². The SMILES string of the molecule is Cc1ccc(C(N)c2ccco2)cc1. The quantitative estimate of drug-likeness (QED) is 0.785. The van der Waals surface area contributed by atoms with Crippen LogP contribution < -0.4 is 5.73 Å². The number of hydrogen-bond donors (Lipinski definition) is 1. The fourth-order valence-electron chi connectivity index (χ4n) is 1.41. The highest BCUT2D eigenvalue weighted by atomic mass is 16.3. The van der Waals surface area contributed by atoms with Crippen molar-refractivity contribution in [3.8, 4) is 0 Å².